The van der Waals surface area contributed by atoms with E-state index in [1.165, 1.54) is 23.5 Å². The van der Waals surface area contributed by atoms with Gasteiger partial charge in [0.2, 0.25) is 5.13 Å². The van der Waals surface area contributed by atoms with Crippen LogP contribution in [0.1, 0.15) is 5.56 Å². The molecule has 3 heterocycles. The predicted molar refractivity (Wildman–Crippen MR) is 108 cm³/mol. The second kappa shape index (κ2) is 8.07. The maximum atomic E-state index is 12.9. The van der Waals surface area contributed by atoms with Crippen LogP contribution in [0.2, 0.25) is 0 Å². The van der Waals surface area contributed by atoms with Crippen LogP contribution < -0.4 is 10.1 Å². The summed E-state index contributed by atoms with van der Waals surface area (Å²) >= 11 is 1.17. The highest BCUT2D eigenvalue weighted by Crippen LogP contribution is 2.39. The molecule has 0 saturated heterocycles. The summed E-state index contributed by atoms with van der Waals surface area (Å²) in [6, 6.07) is 10.3. The minimum absolute atomic E-state index is 0.264. The normalized spacial score (nSPS) is 11.3. The van der Waals surface area contributed by atoms with Gasteiger partial charge in [0, 0.05) is 24.3 Å². The van der Waals surface area contributed by atoms with Crippen molar-refractivity contribution in [1.82, 2.24) is 20.2 Å². The maximum absolute atomic E-state index is 12.9. The topological polar surface area (TPSA) is 72.8 Å². The van der Waals surface area contributed by atoms with Crippen molar-refractivity contribution >= 4 is 22.2 Å². The number of ether oxygens (including phenoxy) is 1. The Morgan fingerprint density at radius 3 is 2.53 bits per heavy atom. The van der Waals surface area contributed by atoms with Crippen LogP contribution in [-0.4, -0.2) is 27.3 Å². The second-order valence-corrected chi connectivity index (χ2v) is 7.07. The van der Waals surface area contributed by atoms with Gasteiger partial charge in [0.05, 0.1) is 18.2 Å². The fourth-order valence-corrected chi connectivity index (χ4v) is 3.61. The van der Waals surface area contributed by atoms with Gasteiger partial charge in [0.15, 0.2) is 5.01 Å². The number of anilines is 2. The van der Waals surface area contributed by atoms with Crippen LogP contribution in [0, 0.1) is 0 Å². The molecule has 10 heteroatoms. The van der Waals surface area contributed by atoms with E-state index in [-0.39, 0.29) is 5.69 Å². The van der Waals surface area contributed by atoms with E-state index in [1.807, 2.05) is 12.1 Å². The third-order valence-corrected chi connectivity index (χ3v) is 5.02. The molecule has 0 fully saturated rings. The third kappa shape index (κ3) is 4.08. The molecule has 6 nitrogen and oxygen atoms in total. The summed E-state index contributed by atoms with van der Waals surface area (Å²) in [5, 5.41) is 11.9. The molecule has 3 aromatic heterocycles. The van der Waals surface area contributed by atoms with E-state index in [0.29, 0.717) is 21.6 Å². The minimum Gasteiger partial charge on any atom is -0.496 e. The Bertz CT molecular complexity index is 1160. The Morgan fingerprint density at radius 1 is 1.00 bits per heavy atom. The lowest BCUT2D eigenvalue weighted by Crippen LogP contribution is -2.05. The summed E-state index contributed by atoms with van der Waals surface area (Å²) in [6.45, 7) is 0. The monoisotopic (exact) mass is 429 g/mol. The van der Waals surface area contributed by atoms with Crippen LogP contribution in [-0.2, 0) is 6.18 Å². The summed E-state index contributed by atoms with van der Waals surface area (Å²) in [7, 11) is 1.56. The van der Waals surface area contributed by atoms with Crippen LogP contribution in [0.15, 0.2) is 61.1 Å². The van der Waals surface area contributed by atoms with Crippen molar-refractivity contribution in [2.45, 2.75) is 6.18 Å². The molecule has 0 bridgehead atoms. The number of aromatic nitrogens is 4. The molecule has 0 aliphatic heterocycles. The molecule has 0 aliphatic rings. The molecule has 30 heavy (non-hydrogen) atoms. The van der Waals surface area contributed by atoms with Crippen LogP contribution in [0.3, 0.4) is 0 Å². The van der Waals surface area contributed by atoms with Crippen molar-refractivity contribution < 1.29 is 17.9 Å². The summed E-state index contributed by atoms with van der Waals surface area (Å²) < 4.78 is 44.3. The van der Waals surface area contributed by atoms with Gasteiger partial charge in [-0.1, -0.05) is 17.4 Å². The number of alkyl halides is 3. The number of rotatable bonds is 5. The summed E-state index contributed by atoms with van der Waals surface area (Å²) in [6.07, 6.45) is 0.493. The van der Waals surface area contributed by atoms with E-state index in [2.05, 4.69) is 25.5 Å². The number of halogens is 3. The van der Waals surface area contributed by atoms with Gasteiger partial charge >= 0.3 is 6.18 Å². The zero-order valence-corrected chi connectivity index (χ0v) is 16.3. The fourth-order valence-electron chi connectivity index (χ4n) is 2.84. The van der Waals surface area contributed by atoms with Gasteiger partial charge < -0.3 is 10.1 Å². The average molecular weight is 429 g/mol. The summed E-state index contributed by atoms with van der Waals surface area (Å²) in [5.74, 6) is 0.605. The van der Waals surface area contributed by atoms with Crippen LogP contribution in [0.5, 0.6) is 5.75 Å². The Balaban J connectivity index is 1.69. The highest BCUT2D eigenvalue weighted by molar-refractivity contribution is 7.18. The van der Waals surface area contributed by atoms with E-state index in [9.17, 15) is 13.2 Å². The SMILES string of the molecule is COc1ccnc(-c2nnc(Nc3cccc(C(F)(F)F)c3)s2)c1-c1ccncc1. The number of nitrogens with one attached hydrogen (secondary N) is 1. The van der Waals surface area contributed by atoms with Crippen molar-refractivity contribution in [3.05, 3.63) is 66.6 Å². The molecule has 0 radical (unpaired) electrons. The molecule has 0 aliphatic carbocycles. The Kier molecular flexibility index (Phi) is 5.32. The van der Waals surface area contributed by atoms with Gasteiger partial charge in [-0.25, -0.2) is 0 Å². The molecule has 152 valence electrons. The van der Waals surface area contributed by atoms with Crippen molar-refractivity contribution in [3.8, 4) is 27.6 Å². The highest BCUT2D eigenvalue weighted by Gasteiger charge is 2.30. The Labute approximate surface area is 173 Å². The van der Waals surface area contributed by atoms with E-state index in [0.717, 1.165) is 23.3 Å². The van der Waals surface area contributed by atoms with Crippen LogP contribution >= 0.6 is 11.3 Å². The molecule has 0 unspecified atom stereocenters. The molecule has 0 spiro atoms. The van der Waals surface area contributed by atoms with E-state index in [1.54, 1.807) is 31.8 Å². The predicted octanol–water partition coefficient (Wildman–Crippen LogP) is 5.43. The van der Waals surface area contributed by atoms with E-state index < -0.39 is 11.7 Å². The molecular formula is C20H14F3N5OS. The third-order valence-electron chi connectivity index (χ3n) is 4.17. The van der Waals surface area contributed by atoms with Gasteiger partial charge in [-0.15, -0.1) is 10.2 Å². The highest BCUT2D eigenvalue weighted by atomic mass is 32.1. The van der Waals surface area contributed by atoms with Crippen LogP contribution in [0.25, 0.3) is 21.8 Å². The van der Waals surface area contributed by atoms with Gasteiger partial charge in [0.1, 0.15) is 11.4 Å². The lowest BCUT2D eigenvalue weighted by Gasteiger charge is -2.11. The zero-order valence-electron chi connectivity index (χ0n) is 15.5. The quantitative estimate of drug-likeness (QED) is 0.456. The summed E-state index contributed by atoms with van der Waals surface area (Å²) in [5.41, 5.74) is 1.64. The Hall–Kier alpha value is -3.53. The van der Waals surface area contributed by atoms with Crippen LogP contribution in [0.4, 0.5) is 24.0 Å². The molecule has 1 N–H and O–H groups in total. The first-order valence-corrected chi connectivity index (χ1v) is 9.49. The van der Waals surface area contributed by atoms with Crippen molar-refractivity contribution in [2.24, 2.45) is 0 Å². The molecule has 0 atom stereocenters. The smallest absolute Gasteiger partial charge is 0.416 e. The number of methoxy groups -OCH3 is 1. The fraction of sp³-hybridized carbons (Fsp3) is 0.100. The van der Waals surface area contributed by atoms with Crippen molar-refractivity contribution in [3.63, 3.8) is 0 Å². The average Bonchev–Trinajstić information content (AvgIpc) is 3.21. The number of nitrogens with zero attached hydrogens (tertiary/aromatic N) is 4. The number of pyridine rings is 2. The van der Waals surface area contributed by atoms with Gasteiger partial charge in [-0.3, -0.25) is 9.97 Å². The molecule has 1 aromatic carbocycles. The number of benzene rings is 1. The summed E-state index contributed by atoms with van der Waals surface area (Å²) in [4.78, 5) is 8.46. The second-order valence-electron chi connectivity index (χ2n) is 6.09. The van der Waals surface area contributed by atoms with E-state index >= 15 is 0 Å². The first-order valence-electron chi connectivity index (χ1n) is 8.67. The molecule has 0 amide bonds. The zero-order chi connectivity index (χ0) is 21.1. The standard InChI is InChI=1S/C20H14F3N5OS/c1-29-15-7-10-25-17(16(15)12-5-8-24-9-6-12)18-27-28-19(30-18)26-14-4-2-3-13(11-14)20(21,22)23/h2-11H,1H3,(H,26,28). The van der Waals surface area contributed by atoms with E-state index in [4.69, 9.17) is 4.74 Å². The van der Waals surface area contributed by atoms with Crippen molar-refractivity contribution in [2.75, 3.05) is 12.4 Å². The molecule has 4 rings (SSSR count). The first kappa shape index (κ1) is 19.8. The van der Waals surface area contributed by atoms with Gasteiger partial charge in [0.25, 0.3) is 0 Å². The number of hydrogen-bond acceptors (Lipinski definition) is 7. The first-order chi connectivity index (χ1) is 14.5. The maximum Gasteiger partial charge on any atom is 0.416 e. The minimum atomic E-state index is -4.42. The molecular weight excluding hydrogens is 415 g/mol. The molecule has 0 saturated carbocycles. The lowest BCUT2D eigenvalue weighted by molar-refractivity contribution is -0.137. The van der Waals surface area contributed by atoms with Gasteiger partial charge in [-0.2, -0.15) is 13.2 Å². The largest absolute Gasteiger partial charge is 0.496 e. The van der Waals surface area contributed by atoms with Gasteiger partial charge in [-0.05, 0) is 42.0 Å². The molecule has 4 aromatic rings. The number of hydrogen-bond donors (Lipinski definition) is 1. The Morgan fingerprint density at radius 2 is 1.80 bits per heavy atom. The lowest BCUT2D eigenvalue weighted by atomic mass is 10.0. The van der Waals surface area contributed by atoms with Crippen molar-refractivity contribution in [1.29, 1.82) is 0 Å².